The van der Waals surface area contributed by atoms with Gasteiger partial charge in [0.25, 0.3) is 0 Å². The van der Waals surface area contributed by atoms with E-state index in [1.165, 1.54) is 13.8 Å². The molecule has 0 aromatic carbocycles. The minimum atomic E-state index is -1.72. The molecule has 2 heterocycles. The van der Waals surface area contributed by atoms with Crippen molar-refractivity contribution in [2.45, 2.75) is 94.2 Å². The molecule has 0 aromatic rings. The number of nitrogens with two attached hydrogens (primary N) is 1. The van der Waals surface area contributed by atoms with E-state index in [0.29, 0.717) is 0 Å². The highest BCUT2D eigenvalue weighted by Crippen LogP contribution is 2.30. The van der Waals surface area contributed by atoms with E-state index in [1.54, 1.807) is 0 Å². The van der Waals surface area contributed by atoms with Crippen LogP contribution < -0.4 is 16.4 Å². The Bertz CT molecular complexity index is 771. The molecular weight excluding hydrogens is 490 g/mol. The third kappa shape index (κ3) is 7.06. The van der Waals surface area contributed by atoms with Gasteiger partial charge in [0.15, 0.2) is 12.6 Å². The normalized spacial score (nSPS) is 38.6. The lowest BCUT2D eigenvalue weighted by Gasteiger charge is -2.48. The molecule has 36 heavy (non-hydrogen) atoms. The second-order valence-electron chi connectivity index (χ2n) is 8.67. The van der Waals surface area contributed by atoms with Crippen molar-refractivity contribution in [3.8, 4) is 0 Å². The number of rotatable bonds is 10. The quantitative estimate of drug-likeness (QED) is 0.129. The lowest BCUT2D eigenvalue weighted by Crippen LogP contribution is -2.69. The van der Waals surface area contributed by atoms with Crippen molar-refractivity contribution in [3.05, 3.63) is 0 Å². The number of carbonyl (C=O) groups is 3. The minimum absolute atomic E-state index is 0.612. The van der Waals surface area contributed by atoms with Crippen molar-refractivity contribution in [2.75, 3.05) is 13.2 Å². The largest absolute Gasteiger partial charge is 0.480 e. The van der Waals surface area contributed by atoms with E-state index in [4.69, 9.17) is 29.8 Å². The molecule has 16 nitrogen and oxygen atoms in total. The first-order chi connectivity index (χ1) is 16.8. The third-order valence-corrected chi connectivity index (χ3v) is 5.89. The molecule has 12 atom stereocenters. The van der Waals surface area contributed by atoms with E-state index in [9.17, 15) is 39.9 Å². The zero-order valence-corrected chi connectivity index (χ0v) is 20.0. The average Bonchev–Trinajstić information content (AvgIpc) is 2.82. The van der Waals surface area contributed by atoms with Gasteiger partial charge in [-0.05, 0) is 13.8 Å². The van der Waals surface area contributed by atoms with Crippen molar-refractivity contribution < 1.29 is 64.0 Å². The summed E-state index contributed by atoms with van der Waals surface area (Å²) in [6.45, 7) is 2.24. The number of aliphatic hydroxyl groups is 5. The van der Waals surface area contributed by atoms with Crippen molar-refractivity contribution in [2.24, 2.45) is 5.73 Å². The van der Waals surface area contributed by atoms with Gasteiger partial charge < -0.3 is 66.0 Å². The van der Waals surface area contributed by atoms with Gasteiger partial charge in [-0.1, -0.05) is 0 Å². The zero-order chi connectivity index (χ0) is 27.3. The fraction of sp³-hybridized carbons (Fsp3) is 0.850. The van der Waals surface area contributed by atoms with Crippen LogP contribution in [0, 0.1) is 0 Å². The molecule has 2 aliphatic rings. The molecule has 0 spiro atoms. The van der Waals surface area contributed by atoms with Crippen molar-refractivity contribution >= 4 is 17.8 Å². The summed E-state index contributed by atoms with van der Waals surface area (Å²) in [6.07, 6.45) is -13.0. The van der Waals surface area contributed by atoms with Gasteiger partial charge in [0.05, 0.1) is 19.3 Å². The third-order valence-electron chi connectivity index (χ3n) is 5.89. The number of hydrogen-bond acceptors (Lipinski definition) is 13. The SMILES string of the molecule is CC(=O)NC1C(O)OC(CO)C(OC2OC(CO)C(O)C(O)C2N)C1OC(C)C(=O)NC(C)C(=O)O. The minimum Gasteiger partial charge on any atom is -0.480 e. The van der Waals surface area contributed by atoms with E-state index >= 15 is 0 Å². The highest BCUT2D eigenvalue weighted by molar-refractivity contribution is 5.85. The number of aliphatic hydroxyl groups excluding tert-OH is 5. The summed E-state index contributed by atoms with van der Waals surface area (Å²) < 4.78 is 22.4. The number of aliphatic carboxylic acids is 1. The Morgan fingerprint density at radius 2 is 1.61 bits per heavy atom. The first-order valence-electron chi connectivity index (χ1n) is 11.3. The maximum Gasteiger partial charge on any atom is 0.325 e. The van der Waals surface area contributed by atoms with Gasteiger partial charge in [0.1, 0.15) is 54.8 Å². The lowest BCUT2D eigenvalue weighted by atomic mass is 9.94. The number of carboxylic acids is 1. The van der Waals surface area contributed by atoms with Crippen molar-refractivity contribution in [3.63, 3.8) is 0 Å². The van der Waals surface area contributed by atoms with Crippen LogP contribution in [-0.2, 0) is 33.3 Å². The van der Waals surface area contributed by atoms with Gasteiger partial charge in [0.2, 0.25) is 11.8 Å². The van der Waals surface area contributed by atoms with Crippen LogP contribution in [-0.4, -0.2) is 135 Å². The number of nitrogens with one attached hydrogen (secondary N) is 2. The van der Waals surface area contributed by atoms with Gasteiger partial charge in [-0.15, -0.1) is 0 Å². The molecule has 2 saturated heterocycles. The number of amides is 2. The van der Waals surface area contributed by atoms with Crippen LogP contribution in [0.25, 0.3) is 0 Å². The van der Waals surface area contributed by atoms with Crippen LogP contribution in [0.1, 0.15) is 20.8 Å². The lowest BCUT2D eigenvalue weighted by molar-refractivity contribution is -0.331. The van der Waals surface area contributed by atoms with Crippen LogP contribution in [0.4, 0.5) is 0 Å². The summed E-state index contributed by atoms with van der Waals surface area (Å²) in [4.78, 5) is 35.4. The summed E-state index contributed by atoms with van der Waals surface area (Å²) in [5.74, 6) is -2.74. The maximum absolute atomic E-state index is 12.5. The van der Waals surface area contributed by atoms with Crippen LogP contribution >= 0.6 is 0 Å². The van der Waals surface area contributed by atoms with Gasteiger partial charge in [0, 0.05) is 6.92 Å². The van der Waals surface area contributed by atoms with Gasteiger partial charge in [-0.25, -0.2) is 0 Å². The monoisotopic (exact) mass is 525 g/mol. The Morgan fingerprint density at radius 3 is 2.14 bits per heavy atom. The molecule has 0 bridgehead atoms. The summed E-state index contributed by atoms with van der Waals surface area (Å²) in [7, 11) is 0. The van der Waals surface area contributed by atoms with E-state index in [0.717, 1.165) is 6.92 Å². The first kappa shape index (κ1) is 30.2. The number of carbonyl (C=O) groups excluding carboxylic acids is 2. The average molecular weight is 526 g/mol. The predicted molar refractivity (Wildman–Crippen MR) is 116 cm³/mol. The number of carboxylic acid groups (broad SMARTS) is 1. The van der Waals surface area contributed by atoms with Crippen LogP contribution in [0.5, 0.6) is 0 Å². The Balaban J connectivity index is 2.35. The van der Waals surface area contributed by atoms with Gasteiger partial charge in [-0.2, -0.15) is 0 Å². The summed E-state index contributed by atoms with van der Waals surface area (Å²) >= 11 is 0. The topological polar surface area (TPSA) is 260 Å². The molecule has 10 N–H and O–H groups in total. The molecule has 0 saturated carbocycles. The number of hydrogen-bond donors (Lipinski definition) is 9. The van der Waals surface area contributed by atoms with E-state index in [1.807, 2.05) is 0 Å². The van der Waals surface area contributed by atoms with Crippen LogP contribution in [0.15, 0.2) is 0 Å². The molecule has 0 aliphatic carbocycles. The first-order valence-corrected chi connectivity index (χ1v) is 11.3. The Hall–Kier alpha value is -1.99. The molecule has 2 aliphatic heterocycles. The van der Waals surface area contributed by atoms with Crippen LogP contribution in [0.3, 0.4) is 0 Å². The molecular formula is C20H35N3O13. The van der Waals surface area contributed by atoms with E-state index in [-0.39, 0.29) is 0 Å². The molecule has 16 heteroatoms. The highest BCUT2D eigenvalue weighted by Gasteiger charge is 2.52. The Labute approximate surface area is 206 Å². The molecule has 0 radical (unpaired) electrons. The fourth-order valence-electron chi connectivity index (χ4n) is 3.85. The van der Waals surface area contributed by atoms with Crippen molar-refractivity contribution in [1.29, 1.82) is 0 Å². The summed E-state index contributed by atoms with van der Waals surface area (Å²) in [6, 6.07) is -3.93. The molecule has 0 aromatic heterocycles. The smallest absolute Gasteiger partial charge is 0.325 e. The molecule has 208 valence electrons. The summed E-state index contributed by atoms with van der Waals surface area (Å²) in [5, 5.41) is 63.7. The van der Waals surface area contributed by atoms with E-state index < -0.39 is 104 Å². The Morgan fingerprint density at radius 1 is 1.00 bits per heavy atom. The standard InChI is InChI=1S/C20H35N3O13/c1-6(18(30)31)22-17(29)7(2)33-16-12(23-8(3)26)19(32)34-10(5-25)15(16)36-20-11(21)14(28)13(27)9(4-24)35-20/h6-7,9-16,19-20,24-25,27-28,32H,4-5,21H2,1-3H3,(H,22,29)(H,23,26)(H,30,31). The maximum atomic E-state index is 12.5. The number of ether oxygens (including phenoxy) is 4. The summed E-state index contributed by atoms with van der Waals surface area (Å²) in [5.41, 5.74) is 5.93. The zero-order valence-electron chi connectivity index (χ0n) is 20.0. The molecule has 12 unspecified atom stereocenters. The van der Waals surface area contributed by atoms with Crippen LogP contribution in [0.2, 0.25) is 0 Å². The molecule has 2 fully saturated rings. The molecule has 2 amide bonds. The predicted octanol–water partition coefficient (Wildman–Crippen LogP) is -5.28. The van der Waals surface area contributed by atoms with Gasteiger partial charge >= 0.3 is 5.97 Å². The van der Waals surface area contributed by atoms with Gasteiger partial charge in [-0.3, -0.25) is 14.4 Å². The van der Waals surface area contributed by atoms with E-state index in [2.05, 4.69) is 10.6 Å². The second-order valence-corrected chi connectivity index (χ2v) is 8.67. The van der Waals surface area contributed by atoms with Crippen molar-refractivity contribution in [1.82, 2.24) is 10.6 Å². The Kier molecular flexibility index (Phi) is 10.9. The second kappa shape index (κ2) is 13.0. The highest BCUT2D eigenvalue weighted by atomic mass is 16.7. The molecule has 2 rings (SSSR count). The fourth-order valence-corrected chi connectivity index (χ4v) is 3.85.